The SMILES string of the molecule is COc1ccc(-c2cc(CS)c(=O)[nH]n2)c(OC)c1OC. The Morgan fingerprint density at radius 2 is 1.86 bits per heavy atom. The molecule has 0 amide bonds. The largest absolute Gasteiger partial charge is 0.493 e. The van der Waals surface area contributed by atoms with Crippen LogP contribution in [0.1, 0.15) is 5.56 Å². The van der Waals surface area contributed by atoms with Gasteiger partial charge in [-0.25, -0.2) is 5.10 Å². The lowest BCUT2D eigenvalue weighted by Crippen LogP contribution is -2.13. The molecule has 0 aliphatic heterocycles. The van der Waals surface area contributed by atoms with Gasteiger partial charge in [0.15, 0.2) is 11.5 Å². The van der Waals surface area contributed by atoms with E-state index in [-0.39, 0.29) is 5.56 Å². The molecule has 112 valence electrons. The molecule has 0 aliphatic rings. The van der Waals surface area contributed by atoms with Gasteiger partial charge in [0.1, 0.15) is 0 Å². The van der Waals surface area contributed by atoms with E-state index in [9.17, 15) is 4.79 Å². The number of aromatic nitrogens is 2. The van der Waals surface area contributed by atoms with E-state index in [4.69, 9.17) is 14.2 Å². The molecule has 0 unspecified atom stereocenters. The Kier molecular flexibility index (Phi) is 4.74. The highest BCUT2D eigenvalue weighted by Crippen LogP contribution is 2.43. The van der Waals surface area contributed by atoms with Crippen molar-refractivity contribution in [2.75, 3.05) is 21.3 Å². The van der Waals surface area contributed by atoms with Gasteiger partial charge >= 0.3 is 0 Å². The molecule has 7 heteroatoms. The van der Waals surface area contributed by atoms with Crippen LogP contribution in [0.5, 0.6) is 17.2 Å². The van der Waals surface area contributed by atoms with Crippen molar-refractivity contribution in [3.63, 3.8) is 0 Å². The molecular weight excluding hydrogens is 292 g/mol. The lowest BCUT2D eigenvalue weighted by atomic mass is 10.1. The molecule has 0 aliphatic carbocycles. The highest BCUT2D eigenvalue weighted by Gasteiger charge is 2.18. The van der Waals surface area contributed by atoms with Crippen LogP contribution >= 0.6 is 12.6 Å². The van der Waals surface area contributed by atoms with Gasteiger partial charge in [0.05, 0.1) is 27.0 Å². The van der Waals surface area contributed by atoms with Gasteiger partial charge in [-0.2, -0.15) is 17.7 Å². The standard InChI is InChI=1S/C14H16N2O4S/c1-18-11-5-4-9(12(19-2)13(11)20-3)10-6-8(7-21)14(17)16-15-10/h4-6,21H,7H2,1-3H3,(H,16,17). The van der Waals surface area contributed by atoms with Crippen molar-refractivity contribution in [3.05, 3.63) is 34.1 Å². The van der Waals surface area contributed by atoms with E-state index in [1.807, 2.05) is 0 Å². The normalized spacial score (nSPS) is 10.3. The van der Waals surface area contributed by atoms with E-state index in [0.29, 0.717) is 39.8 Å². The average Bonchev–Trinajstić information content (AvgIpc) is 2.53. The topological polar surface area (TPSA) is 73.4 Å². The summed E-state index contributed by atoms with van der Waals surface area (Å²) in [7, 11) is 4.61. The van der Waals surface area contributed by atoms with Crippen LogP contribution < -0.4 is 19.8 Å². The quantitative estimate of drug-likeness (QED) is 0.825. The van der Waals surface area contributed by atoms with E-state index in [2.05, 4.69) is 22.8 Å². The second kappa shape index (κ2) is 6.53. The third-order valence-corrected chi connectivity index (χ3v) is 3.37. The third-order valence-electron chi connectivity index (χ3n) is 3.03. The molecule has 21 heavy (non-hydrogen) atoms. The molecule has 0 saturated carbocycles. The molecule has 2 rings (SSSR count). The molecule has 0 radical (unpaired) electrons. The Morgan fingerprint density at radius 1 is 1.14 bits per heavy atom. The van der Waals surface area contributed by atoms with E-state index in [0.717, 1.165) is 0 Å². The van der Waals surface area contributed by atoms with Crippen molar-refractivity contribution in [1.82, 2.24) is 10.2 Å². The van der Waals surface area contributed by atoms with Crippen LogP contribution in [0.4, 0.5) is 0 Å². The maximum Gasteiger partial charge on any atom is 0.268 e. The second-order valence-electron chi connectivity index (χ2n) is 4.15. The maximum absolute atomic E-state index is 11.6. The lowest BCUT2D eigenvalue weighted by molar-refractivity contribution is 0.325. The van der Waals surface area contributed by atoms with Crippen molar-refractivity contribution < 1.29 is 14.2 Å². The zero-order chi connectivity index (χ0) is 15.4. The number of methoxy groups -OCH3 is 3. The minimum Gasteiger partial charge on any atom is -0.493 e. The highest BCUT2D eigenvalue weighted by molar-refractivity contribution is 7.79. The third kappa shape index (κ3) is 2.82. The average molecular weight is 308 g/mol. The first kappa shape index (κ1) is 15.2. The maximum atomic E-state index is 11.6. The predicted octanol–water partition coefficient (Wildman–Crippen LogP) is 1.89. The number of nitrogens with one attached hydrogen (secondary N) is 1. The van der Waals surface area contributed by atoms with Gasteiger partial charge in [-0.1, -0.05) is 0 Å². The Balaban J connectivity index is 2.66. The number of benzene rings is 1. The predicted molar refractivity (Wildman–Crippen MR) is 82.6 cm³/mol. The molecule has 0 saturated heterocycles. The van der Waals surface area contributed by atoms with Crippen LogP contribution in [0.2, 0.25) is 0 Å². The molecule has 0 atom stereocenters. The number of H-pyrrole nitrogens is 1. The summed E-state index contributed by atoms with van der Waals surface area (Å²) in [6.45, 7) is 0. The van der Waals surface area contributed by atoms with Crippen molar-refractivity contribution in [2.24, 2.45) is 0 Å². The smallest absolute Gasteiger partial charge is 0.268 e. The summed E-state index contributed by atoms with van der Waals surface area (Å²) in [5, 5.41) is 6.50. The number of aromatic amines is 1. The molecular formula is C14H16N2O4S. The molecule has 1 N–H and O–H groups in total. The van der Waals surface area contributed by atoms with Crippen LogP contribution in [-0.4, -0.2) is 31.5 Å². The lowest BCUT2D eigenvalue weighted by Gasteiger charge is -2.15. The van der Waals surface area contributed by atoms with Crippen molar-refractivity contribution in [3.8, 4) is 28.5 Å². The minimum absolute atomic E-state index is 0.256. The fourth-order valence-electron chi connectivity index (χ4n) is 2.00. The summed E-state index contributed by atoms with van der Waals surface area (Å²) in [6, 6.07) is 5.22. The Bertz CT molecular complexity index is 700. The fourth-order valence-corrected chi connectivity index (χ4v) is 2.24. The van der Waals surface area contributed by atoms with E-state index >= 15 is 0 Å². The summed E-state index contributed by atoms with van der Waals surface area (Å²) in [5.41, 5.74) is 1.53. The molecule has 2 aromatic rings. The summed E-state index contributed by atoms with van der Waals surface area (Å²) in [6.07, 6.45) is 0. The molecule has 0 fully saturated rings. The van der Waals surface area contributed by atoms with Crippen molar-refractivity contribution in [1.29, 1.82) is 0 Å². The van der Waals surface area contributed by atoms with Crippen molar-refractivity contribution >= 4 is 12.6 Å². The number of thiol groups is 1. The van der Waals surface area contributed by atoms with Crippen LogP contribution in [0, 0.1) is 0 Å². The zero-order valence-corrected chi connectivity index (χ0v) is 12.9. The summed E-state index contributed by atoms with van der Waals surface area (Å²) in [5.74, 6) is 1.83. The van der Waals surface area contributed by atoms with Crippen molar-refractivity contribution in [2.45, 2.75) is 5.75 Å². The molecule has 6 nitrogen and oxygen atoms in total. The van der Waals surface area contributed by atoms with Crippen LogP contribution in [0.15, 0.2) is 23.0 Å². The second-order valence-corrected chi connectivity index (χ2v) is 4.46. The number of ether oxygens (including phenoxy) is 3. The first-order valence-corrected chi connectivity index (χ1v) is 6.78. The Hall–Kier alpha value is -2.15. The van der Waals surface area contributed by atoms with Gasteiger partial charge < -0.3 is 14.2 Å². The van der Waals surface area contributed by atoms with E-state index in [1.54, 1.807) is 25.3 Å². The Morgan fingerprint density at radius 3 is 2.43 bits per heavy atom. The first-order chi connectivity index (χ1) is 10.2. The van der Waals surface area contributed by atoms with Gasteiger partial charge in [-0.15, -0.1) is 0 Å². The number of hydrogen-bond donors (Lipinski definition) is 2. The number of hydrogen-bond acceptors (Lipinski definition) is 6. The first-order valence-electron chi connectivity index (χ1n) is 6.15. The van der Waals surface area contributed by atoms with Gasteiger partial charge in [0, 0.05) is 16.9 Å². The van der Waals surface area contributed by atoms with Crippen LogP contribution in [0.25, 0.3) is 11.3 Å². The summed E-state index contributed by atoms with van der Waals surface area (Å²) >= 11 is 4.13. The molecule has 0 bridgehead atoms. The molecule has 1 heterocycles. The van der Waals surface area contributed by atoms with Gasteiger partial charge in [-0.05, 0) is 18.2 Å². The fraction of sp³-hybridized carbons (Fsp3) is 0.286. The number of nitrogens with zero attached hydrogens (tertiary/aromatic N) is 1. The van der Waals surface area contributed by atoms with Crippen LogP contribution in [-0.2, 0) is 5.75 Å². The zero-order valence-electron chi connectivity index (χ0n) is 12.0. The highest BCUT2D eigenvalue weighted by atomic mass is 32.1. The van der Waals surface area contributed by atoms with Crippen LogP contribution in [0.3, 0.4) is 0 Å². The van der Waals surface area contributed by atoms with Gasteiger partial charge in [-0.3, -0.25) is 4.79 Å². The van der Waals surface area contributed by atoms with Gasteiger partial charge in [0.25, 0.3) is 5.56 Å². The summed E-state index contributed by atoms with van der Waals surface area (Å²) < 4.78 is 16.0. The monoisotopic (exact) mass is 308 g/mol. The van der Waals surface area contributed by atoms with Gasteiger partial charge in [0.2, 0.25) is 5.75 Å². The Labute approximate surface area is 127 Å². The molecule has 1 aromatic heterocycles. The minimum atomic E-state index is -0.256. The van der Waals surface area contributed by atoms with E-state index in [1.165, 1.54) is 14.2 Å². The molecule has 1 aromatic carbocycles. The number of rotatable bonds is 5. The summed E-state index contributed by atoms with van der Waals surface area (Å²) in [4.78, 5) is 11.6. The van der Waals surface area contributed by atoms with E-state index < -0.39 is 0 Å². The molecule has 0 spiro atoms.